The van der Waals surface area contributed by atoms with Crippen LogP contribution in [0.3, 0.4) is 0 Å². The summed E-state index contributed by atoms with van der Waals surface area (Å²) >= 11 is 0. The number of aromatic amines is 1. The molecule has 0 aliphatic heterocycles. The third-order valence-electron chi connectivity index (χ3n) is 4.51. The first kappa shape index (κ1) is 18.8. The molecule has 0 saturated carbocycles. The van der Waals surface area contributed by atoms with E-state index in [0.29, 0.717) is 29.9 Å². The van der Waals surface area contributed by atoms with Gasteiger partial charge < -0.3 is 9.88 Å². The van der Waals surface area contributed by atoms with Gasteiger partial charge in [0, 0.05) is 48.7 Å². The zero-order valence-corrected chi connectivity index (χ0v) is 15.4. The van der Waals surface area contributed by atoms with E-state index in [1.165, 1.54) is 0 Å². The second-order valence-electron chi connectivity index (χ2n) is 6.36. The number of nitrogens with zero attached hydrogens (tertiary/aromatic N) is 3. The van der Waals surface area contributed by atoms with Crippen molar-refractivity contribution in [1.82, 2.24) is 19.9 Å². The first-order valence-corrected chi connectivity index (χ1v) is 8.69. The molecule has 6 nitrogen and oxygen atoms in total. The highest BCUT2D eigenvalue weighted by Gasteiger charge is 2.17. The van der Waals surface area contributed by atoms with Crippen molar-refractivity contribution in [2.75, 3.05) is 7.05 Å². The van der Waals surface area contributed by atoms with Crippen molar-refractivity contribution in [2.45, 2.75) is 52.5 Å². The summed E-state index contributed by atoms with van der Waals surface area (Å²) in [6.07, 6.45) is 6.04. The molecule has 0 bridgehead atoms. The Labute approximate surface area is 148 Å². The number of hydrogen-bond acceptors (Lipinski definition) is 4. The molecule has 0 fully saturated rings. The fraction of sp³-hybridized carbons (Fsp3) is 0.474. The van der Waals surface area contributed by atoms with Gasteiger partial charge in [-0.3, -0.25) is 14.6 Å². The van der Waals surface area contributed by atoms with Crippen molar-refractivity contribution in [3.63, 3.8) is 0 Å². The average Bonchev–Trinajstić information content (AvgIpc) is 2.61. The summed E-state index contributed by atoms with van der Waals surface area (Å²) in [5, 5.41) is 0. The Bertz CT molecular complexity index is 771. The van der Waals surface area contributed by atoms with Gasteiger partial charge in [0.25, 0.3) is 5.56 Å². The molecule has 2 heterocycles. The first-order valence-electron chi connectivity index (χ1n) is 8.69. The van der Waals surface area contributed by atoms with Crippen LogP contribution >= 0.6 is 0 Å². The van der Waals surface area contributed by atoms with Gasteiger partial charge in [0.15, 0.2) is 0 Å². The maximum atomic E-state index is 12.4. The Morgan fingerprint density at radius 1 is 1.40 bits per heavy atom. The minimum Gasteiger partial charge on any atom is -0.343 e. The van der Waals surface area contributed by atoms with Gasteiger partial charge in [-0.1, -0.05) is 13.3 Å². The van der Waals surface area contributed by atoms with Crippen LogP contribution < -0.4 is 5.56 Å². The van der Waals surface area contributed by atoms with E-state index in [-0.39, 0.29) is 17.5 Å². The SMILES string of the molecule is CCC[C@@H](C)N(C)C(=O)CCc1c(C)nc(-c2cccnc2)[nH]c1=O. The van der Waals surface area contributed by atoms with Crippen LogP contribution in [-0.4, -0.2) is 38.8 Å². The minimum absolute atomic E-state index is 0.0519. The summed E-state index contributed by atoms with van der Waals surface area (Å²) in [7, 11) is 1.82. The van der Waals surface area contributed by atoms with Crippen LogP contribution in [0.5, 0.6) is 0 Å². The van der Waals surface area contributed by atoms with Gasteiger partial charge in [-0.15, -0.1) is 0 Å². The van der Waals surface area contributed by atoms with Gasteiger partial charge in [0.05, 0.1) is 0 Å². The monoisotopic (exact) mass is 342 g/mol. The van der Waals surface area contributed by atoms with E-state index in [4.69, 9.17) is 0 Å². The molecule has 0 aliphatic rings. The molecule has 2 aromatic heterocycles. The number of amides is 1. The number of H-pyrrole nitrogens is 1. The Hall–Kier alpha value is -2.50. The van der Waals surface area contributed by atoms with Crippen molar-refractivity contribution in [3.05, 3.63) is 46.1 Å². The van der Waals surface area contributed by atoms with Gasteiger partial charge in [0.2, 0.25) is 5.91 Å². The topological polar surface area (TPSA) is 79.0 Å². The third-order valence-corrected chi connectivity index (χ3v) is 4.51. The molecule has 134 valence electrons. The molecule has 0 aliphatic carbocycles. The molecular formula is C19H26N4O2. The number of carbonyl (C=O) groups excluding carboxylic acids is 1. The zero-order chi connectivity index (χ0) is 18.4. The quantitative estimate of drug-likeness (QED) is 0.839. The Balaban J connectivity index is 2.11. The number of hydrogen-bond donors (Lipinski definition) is 1. The summed E-state index contributed by atoms with van der Waals surface area (Å²) in [6.45, 7) is 5.95. The van der Waals surface area contributed by atoms with Crippen molar-refractivity contribution in [1.29, 1.82) is 0 Å². The lowest BCUT2D eigenvalue weighted by molar-refractivity contribution is -0.131. The predicted molar refractivity (Wildman–Crippen MR) is 98.3 cm³/mol. The molecule has 2 rings (SSSR count). The second kappa shape index (κ2) is 8.55. The lowest BCUT2D eigenvalue weighted by Gasteiger charge is -2.24. The number of aromatic nitrogens is 3. The maximum Gasteiger partial charge on any atom is 0.254 e. The lowest BCUT2D eigenvalue weighted by Crippen LogP contribution is -2.35. The van der Waals surface area contributed by atoms with Crippen LogP contribution in [0, 0.1) is 6.92 Å². The number of nitrogens with one attached hydrogen (secondary N) is 1. The molecule has 1 amide bonds. The van der Waals surface area contributed by atoms with Crippen LogP contribution in [0.15, 0.2) is 29.3 Å². The van der Waals surface area contributed by atoms with E-state index in [1.54, 1.807) is 30.3 Å². The Morgan fingerprint density at radius 2 is 2.16 bits per heavy atom. The fourth-order valence-corrected chi connectivity index (χ4v) is 2.81. The van der Waals surface area contributed by atoms with Gasteiger partial charge in [-0.2, -0.15) is 0 Å². The maximum absolute atomic E-state index is 12.4. The lowest BCUT2D eigenvalue weighted by atomic mass is 10.1. The number of rotatable bonds is 7. The van der Waals surface area contributed by atoms with E-state index in [9.17, 15) is 9.59 Å². The number of carbonyl (C=O) groups is 1. The summed E-state index contributed by atoms with van der Waals surface area (Å²) in [5.41, 5.74) is 1.79. The Morgan fingerprint density at radius 3 is 2.76 bits per heavy atom. The van der Waals surface area contributed by atoms with E-state index in [0.717, 1.165) is 18.4 Å². The van der Waals surface area contributed by atoms with Crippen molar-refractivity contribution < 1.29 is 4.79 Å². The Kier molecular flexibility index (Phi) is 6.44. The van der Waals surface area contributed by atoms with E-state index < -0.39 is 0 Å². The van der Waals surface area contributed by atoms with Gasteiger partial charge in [0.1, 0.15) is 5.82 Å². The van der Waals surface area contributed by atoms with Crippen molar-refractivity contribution >= 4 is 5.91 Å². The molecular weight excluding hydrogens is 316 g/mol. The van der Waals surface area contributed by atoms with Crippen molar-refractivity contribution in [2.24, 2.45) is 0 Å². The zero-order valence-electron chi connectivity index (χ0n) is 15.4. The van der Waals surface area contributed by atoms with E-state index in [2.05, 4.69) is 21.9 Å². The number of aryl methyl sites for hydroxylation is 1. The molecule has 2 aromatic rings. The van der Waals surface area contributed by atoms with Crippen LogP contribution in [-0.2, 0) is 11.2 Å². The molecule has 0 unspecified atom stereocenters. The summed E-state index contributed by atoms with van der Waals surface area (Å²) in [5.74, 6) is 0.551. The molecule has 1 atom stereocenters. The largest absolute Gasteiger partial charge is 0.343 e. The summed E-state index contributed by atoms with van der Waals surface area (Å²) in [4.78, 5) is 37.8. The van der Waals surface area contributed by atoms with Crippen LogP contribution in [0.2, 0.25) is 0 Å². The van der Waals surface area contributed by atoms with Crippen LogP contribution in [0.25, 0.3) is 11.4 Å². The van der Waals surface area contributed by atoms with Gasteiger partial charge >= 0.3 is 0 Å². The summed E-state index contributed by atoms with van der Waals surface area (Å²) < 4.78 is 0. The summed E-state index contributed by atoms with van der Waals surface area (Å²) in [6, 6.07) is 3.85. The molecule has 0 aromatic carbocycles. The average molecular weight is 342 g/mol. The molecule has 0 saturated heterocycles. The number of pyridine rings is 1. The predicted octanol–water partition coefficient (Wildman–Crippen LogP) is 2.72. The third kappa shape index (κ3) is 4.75. The van der Waals surface area contributed by atoms with Gasteiger partial charge in [-0.05, 0) is 38.8 Å². The first-order chi connectivity index (χ1) is 11.9. The van der Waals surface area contributed by atoms with E-state index in [1.807, 2.05) is 20.0 Å². The second-order valence-corrected chi connectivity index (χ2v) is 6.36. The fourth-order valence-electron chi connectivity index (χ4n) is 2.81. The smallest absolute Gasteiger partial charge is 0.254 e. The molecule has 25 heavy (non-hydrogen) atoms. The van der Waals surface area contributed by atoms with Crippen molar-refractivity contribution in [3.8, 4) is 11.4 Å². The van der Waals surface area contributed by atoms with E-state index >= 15 is 0 Å². The minimum atomic E-state index is -0.191. The van der Waals surface area contributed by atoms with Crippen LogP contribution in [0.1, 0.15) is 44.4 Å². The molecule has 1 N–H and O–H groups in total. The highest BCUT2D eigenvalue weighted by Crippen LogP contribution is 2.14. The molecule has 6 heteroatoms. The molecule has 0 radical (unpaired) electrons. The normalized spacial score (nSPS) is 12.0. The highest BCUT2D eigenvalue weighted by molar-refractivity contribution is 5.76. The van der Waals surface area contributed by atoms with Crippen LogP contribution in [0.4, 0.5) is 0 Å². The highest BCUT2D eigenvalue weighted by atomic mass is 16.2. The molecule has 0 spiro atoms. The standard InChI is InChI=1S/C19H26N4O2/c1-5-7-13(2)23(4)17(24)10-9-16-14(3)21-18(22-19(16)25)15-8-6-11-20-12-15/h6,8,11-13H,5,7,9-10H2,1-4H3,(H,21,22,25)/t13-/m1/s1. The van der Waals surface area contributed by atoms with Gasteiger partial charge in [-0.25, -0.2) is 4.98 Å².